The zero-order chi connectivity index (χ0) is 20.8. The minimum Gasteiger partial charge on any atom is -0.483 e. The van der Waals surface area contributed by atoms with Crippen molar-refractivity contribution >= 4 is 22.6 Å². The molecule has 3 aromatic rings. The van der Waals surface area contributed by atoms with Gasteiger partial charge in [0.1, 0.15) is 5.75 Å². The maximum Gasteiger partial charge on any atom is 0.258 e. The highest BCUT2D eigenvalue weighted by Crippen LogP contribution is 2.26. The number of fused-ring (bicyclic) bond motifs is 1. The largest absolute Gasteiger partial charge is 0.483 e. The molecule has 0 fully saturated rings. The summed E-state index contributed by atoms with van der Waals surface area (Å²) in [6.45, 7) is 6.07. The van der Waals surface area contributed by atoms with E-state index in [0.29, 0.717) is 17.9 Å². The molecule has 0 heterocycles. The lowest BCUT2D eigenvalue weighted by Crippen LogP contribution is -2.34. The van der Waals surface area contributed by atoms with Crippen LogP contribution in [-0.4, -0.2) is 24.5 Å². The SMILES string of the molecule is Cc1ccc(CNC(=O)c2cc3ccccc3cc2OCC(=O)NC(C)C)cc1. The second-order valence-electron chi connectivity index (χ2n) is 7.37. The minimum absolute atomic E-state index is 0.0278. The summed E-state index contributed by atoms with van der Waals surface area (Å²) in [4.78, 5) is 24.9. The molecule has 29 heavy (non-hydrogen) atoms. The molecule has 0 unspecified atom stereocenters. The van der Waals surface area contributed by atoms with Crippen molar-refractivity contribution in [3.05, 3.63) is 77.4 Å². The smallest absolute Gasteiger partial charge is 0.258 e. The van der Waals surface area contributed by atoms with E-state index in [2.05, 4.69) is 10.6 Å². The first-order valence-electron chi connectivity index (χ1n) is 9.71. The van der Waals surface area contributed by atoms with Crippen molar-refractivity contribution in [3.8, 4) is 5.75 Å². The first kappa shape index (κ1) is 20.4. The molecule has 0 saturated heterocycles. The number of hydrogen-bond acceptors (Lipinski definition) is 3. The Kier molecular flexibility index (Phi) is 6.50. The summed E-state index contributed by atoms with van der Waals surface area (Å²) in [6.07, 6.45) is 0. The molecule has 150 valence electrons. The summed E-state index contributed by atoms with van der Waals surface area (Å²) in [5, 5.41) is 7.61. The third-order valence-electron chi connectivity index (χ3n) is 4.47. The zero-order valence-electron chi connectivity index (χ0n) is 17.0. The van der Waals surface area contributed by atoms with Crippen molar-refractivity contribution < 1.29 is 14.3 Å². The Labute approximate surface area is 171 Å². The number of aryl methyl sites for hydroxylation is 1. The Morgan fingerprint density at radius 3 is 2.28 bits per heavy atom. The molecule has 3 aromatic carbocycles. The fourth-order valence-electron chi connectivity index (χ4n) is 3.01. The molecule has 0 saturated carbocycles. The number of ether oxygens (including phenoxy) is 1. The number of benzene rings is 3. The summed E-state index contributed by atoms with van der Waals surface area (Å²) in [5.74, 6) is -0.0706. The van der Waals surface area contributed by atoms with Crippen LogP contribution in [0.5, 0.6) is 5.75 Å². The van der Waals surface area contributed by atoms with Gasteiger partial charge in [-0.1, -0.05) is 54.1 Å². The van der Waals surface area contributed by atoms with E-state index in [-0.39, 0.29) is 24.5 Å². The predicted octanol–water partition coefficient (Wildman–Crippen LogP) is 3.98. The second kappa shape index (κ2) is 9.24. The molecular formula is C24H26N2O3. The van der Waals surface area contributed by atoms with Gasteiger partial charge in [0, 0.05) is 12.6 Å². The van der Waals surface area contributed by atoms with E-state index in [9.17, 15) is 9.59 Å². The van der Waals surface area contributed by atoms with Crippen molar-refractivity contribution in [3.63, 3.8) is 0 Å². The van der Waals surface area contributed by atoms with Crippen LogP contribution in [0.4, 0.5) is 0 Å². The lowest BCUT2D eigenvalue weighted by atomic mass is 10.0. The second-order valence-corrected chi connectivity index (χ2v) is 7.37. The molecule has 3 rings (SSSR count). The summed E-state index contributed by atoms with van der Waals surface area (Å²) >= 11 is 0. The van der Waals surface area contributed by atoms with Crippen LogP contribution in [0.25, 0.3) is 10.8 Å². The van der Waals surface area contributed by atoms with Crippen molar-refractivity contribution in [1.29, 1.82) is 0 Å². The van der Waals surface area contributed by atoms with E-state index >= 15 is 0 Å². The highest BCUT2D eigenvalue weighted by molar-refractivity contribution is 6.01. The number of hydrogen-bond donors (Lipinski definition) is 2. The van der Waals surface area contributed by atoms with E-state index in [1.807, 2.05) is 69.3 Å². The Morgan fingerprint density at radius 1 is 0.966 bits per heavy atom. The predicted molar refractivity (Wildman–Crippen MR) is 115 cm³/mol. The molecule has 0 radical (unpaired) electrons. The molecule has 2 amide bonds. The molecule has 0 aliphatic carbocycles. The first-order valence-corrected chi connectivity index (χ1v) is 9.71. The highest BCUT2D eigenvalue weighted by atomic mass is 16.5. The van der Waals surface area contributed by atoms with Gasteiger partial charge >= 0.3 is 0 Å². The van der Waals surface area contributed by atoms with Crippen molar-refractivity contribution in [2.75, 3.05) is 6.61 Å². The van der Waals surface area contributed by atoms with Gasteiger partial charge in [0.15, 0.2) is 6.61 Å². The van der Waals surface area contributed by atoms with Gasteiger partial charge in [-0.3, -0.25) is 9.59 Å². The summed E-state index contributed by atoms with van der Waals surface area (Å²) in [7, 11) is 0. The molecule has 0 aromatic heterocycles. The van der Waals surface area contributed by atoms with E-state index in [4.69, 9.17) is 4.74 Å². The Bertz CT molecular complexity index is 1010. The number of carbonyl (C=O) groups excluding carboxylic acids is 2. The maximum absolute atomic E-state index is 12.9. The number of rotatable bonds is 7. The fraction of sp³-hybridized carbons (Fsp3) is 0.250. The van der Waals surface area contributed by atoms with Crippen LogP contribution in [0.3, 0.4) is 0 Å². The number of nitrogens with one attached hydrogen (secondary N) is 2. The monoisotopic (exact) mass is 390 g/mol. The Hall–Kier alpha value is -3.34. The fourth-order valence-corrected chi connectivity index (χ4v) is 3.01. The van der Waals surface area contributed by atoms with E-state index in [1.165, 1.54) is 5.56 Å². The van der Waals surface area contributed by atoms with Gasteiger partial charge in [0.25, 0.3) is 11.8 Å². The van der Waals surface area contributed by atoms with Crippen LogP contribution < -0.4 is 15.4 Å². The molecule has 0 bridgehead atoms. The third-order valence-corrected chi connectivity index (χ3v) is 4.47. The molecule has 0 aliphatic heterocycles. The van der Waals surface area contributed by atoms with E-state index < -0.39 is 0 Å². The topological polar surface area (TPSA) is 67.4 Å². The highest BCUT2D eigenvalue weighted by Gasteiger charge is 2.15. The van der Waals surface area contributed by atoms with E-state index in [0.717, 1.165) is 16.3 Å². The quantitative estimate of drug-likeness (QED) is 0.641. The van der Waals surface area contributed by atoms with Crippen LogP contribution in [0.1, 0.15) is 35.3 Å². The van der Waals surface area contributed by atoms with Gasteiger partial charge < -0.3 is 15.4 Å². The Morgan fingerprint density at radius 2 is 1.62 bits per heavy atom. The van der Waals surface area contributed by atoms with Gasteiger partial charge in [-0.2, -0.15) is 0 Å². The molecule has 2 N–H and O–H groups in total. The summed E-state index contributed by atoms with van der Waals surface area (Å²) < 4.78 is 5.72. The van der Waals surface area contributed by atoms with Crippen molar-refractivity contribution in [1.82, 2.24) is 10.6 Å². The molecule has 5 nitrogen and oxygen atoms in total. The normalized spacial score (nSPS) is 10.8. The third kappa shape index (κ3) is 5.57. The molecule has 0 aliphatic rings. The van der Waals surface area contributed by atoms with Gasteiger partial charge in [0.2, 0.25) is 0 Å². The summed E-state index contributed by atoms with van der Waals surface area (Å²) in [5.41, 5.74) is 2.60. The first-order chi connectivity index (χ1) is 13.9. The minimum atomic E-state index is -0.240. The number of carbonyl (C=O) groups is 2. The summed E-state index contributed by atoms with van der Waals surface area (Å²) in [6, 6.07) is 19.4. The average molecular weight is 390 g/mol. The molecule has 0 atom stereocenters. The van der Waals surface area contributed by atoms with E-state index in [1.54, 1.807) is 12.1 Å². The average Bonchev–Trinajstić information content (AvgIpc) is 2.70. The molecule has 5 heteroatoms. The number of amides is 2. The molecular weight excluding hydrogens is 364 g/mol. The Balaban J connectivity index is 1.80. The van der Waals surface area contributed by atoms with Gasteiger partial charge in [-0.15, -0.1) is 0 Å². The van der Waals surface area contributed by atoms with Gasteiger partial charge in [-0.25, -0.2) is 0 Å². The van der Waals surface area contributed by atoms with Crippen LogP contribution in [0, 0.1) is 6.92 Å². The lowest BCUT2D eigenvalue weighted by Gasteiger charge is -2.14. The maximum atomic E-state index is 12.9. The van der Waals surface area contributed by atoms with Crippen molar-refractivity contribution in [2.45, 2.75) is 33.4 Å². The zero-order valence-corrected chi connectivity index (χ0v) is 17.0. The van der Waals surface area contributed by atoms with Crippen LogP contribution in [0.2, 0.25) is 0 Å². The van der Waals surface area contributed by atoms with Gasteiger partial charge in [0.05, 0.1) is 5.56 Å². The van der Waals surface area contributed by atoms with Crippen LogP contribution in [0.15, 0.2) is 60.7 Å². The van der Waals surface area contributed by atoms with Gasteiger partial charge in [-0.05, 0) is 49.2 Å². The van der Waals surface area contributed by atoms with Crippen LogP contribution in [-0.2, 0) is 11.3 Å². The van der Waals surface area contributed by atoms with Crippen LogP contribution >= 0.6 is 0 Å². The lowest BCUT2D eigenvalue weighted by molar-refractivity contribution is -0.123. The van der Waals surface area contributed by atoms with Crippen molar-refractivity contribution in [2.24, 2.45) is 0 Å². The standard InChI is InChI=1S/C24H26N2O3/c1-16(2)26-23(27)15-29-22-13-20-7-5-4-6-19(20)12-21(22)24(28)25-14-18-10-8-17(3)9-11-18/h4-13,16H,14-15H2,1-3H3,(H,25,28)(H,26,27). The molecule has 0 spiro atoms.